The Morgan fingerprint density at radius 3 is 2.33 bits per heavy atom. The molecule has 1 aliphatic rings. The van der Waals surface area contributed by atoms with Crippen molar-refractivity contribution in [3.63, 3.8) is 0 Å². The molecular formula is C7H12S2. The highest BCUT2D eigenvalue weighted by Gasteiger charge is 2.18. The van der Waals surface area contributed by atoms with Gasteiger partial charge in [0.25, 0.3) is 0 Å². The molecule has 2 heteroatoms. The fraction of sp³-hybridized carbons (Fsp3) is 0.714. The van der Waals surface area contributed by atoms with Crippen LogP contribution in [0.25, 0.3) is 0 Å². The predicted octanol–water partition coefficient (Wildman–Crippen LogP) is 2.76. The first-order valence-electron chi connectivity index (χ1n) is 5.64. The van der Waals surface area contributed by atoms with Crippen LogP contribution in [-0.4, -0.2) is 15.6 Å². The molecule has 0 saturated carbocycles. The SMILES string of the molecule is [2H]C([2H])([2H])C1(C([2H])([2H])[2H])SCC=CCS1. The van der Waals surface area contributed by atoms with Gasteiger partial charge in [0, 0.05) is 19.7 Å². The normalized spacial score (nSPS) is 38.2. The van der Waals surface area contributed by atoms with E-state index in [0.29, 0.717) is 11.5 Å². The monoisotopic (exact) mass is 166 g/mol. The average molecular weight is 166 g/mol. The quantitative estimate of drug-likeness (QED) is 0.508. The largest absolute Gasteiger partial charge is 0.141 e. The summed E-state index contributed by atoms with van der Waals surface area (Å²) in [4.78, 5) is 0. The van der Waals surface area contributed by atoms with Crippen molar-refractivity contribution in [2.24, 2.45) is 0 Å². The molecule has 1 aliphatic heterocycles. The van der Waals surface area contributed by atoms with Crippen LogP contribution in [0.1, 0.15) is 21.9 Å². The van der Waals surface area contributed by atoms with Crippen LogP contribution in [0.2, 0.25) is 0 Å². The van der Waals surface area contributed by atoms with Gasteiger partial charge in [-0.15, -0.1) is 23.5 Å². The number of hydrogen-bond acceptors (Lipinski definition) is 2. The molecule has 9 heavy (non-hydrogen) atoms. The molecule has 0 aliphatic carbocycles. The zero-order chi connectivity index (χ0) is 11.7. The Hall–Kier alpha value is 0.440. The predicted molar refractivity (Wildman–Crippen MR) is 48.1 cm³/mol. The lowest BCUT2D eigenvalue weighted by atomic mass is 10.5. The van der Waals surface area contributed by atoms with Gasteiger partial charge in [0.2, 0.25) is 0 Å². The molecule has 0 radical (unpaired) electrons. The summed E-state index contributed by atoms with van der Waals surface area (Å²) < 4.78 is 42.9. The average Bonchev–Trinajstić information content (AvgIpc) is 2.25. The third kappa shape index (κ3) is 2.67. The van der Waals surface area contributed by atoms with E-state index in [2.05, 4.69) is 0 Å². The number of thioether (sulfide) groups is 2. The second-order valence-electron chi connectivity index (χ2n) is 1.71. The molecule has 0 spiro atoms. The van der Waals surface area contributed by atoms with E-state index in [0.717, 1.165) is 23.5 Å². The Bertz CT molecular complexity index is 227. The summed E-state index contributed by atoms with van der Waals surface area (Å²) in [6.07, 6.45) is 3.63. The van der Waals surface area contributed by atoms with E-state index in [1.807, 2.05) is 12.2 Å². The molecule has 0 aromatic rings. The standard InChI is InChI=1S/C7H12S2/c1-7(2)8-5-3-4-6-9-7/h3-4H,5-6H2,1-2H3/i1D3,2D3. The van der Waals surface area contributed by atoms with Crippen molar-refractivity contribution in [3.05, 3.63) is 12.2 Å². The molecule has 52 valence electrons. The van der Waals surface area contributed by atoms with Gasteiger partial charge in [-0.3, -0.25) is 0 Å². The smallest absolute Gasteiger partial charge is 0.0561 e. The lowest BCUT2D eigenvalue weighted by Gasteiger charge is -2.19. The van der Waals surface area contributed by atoms with Crippen molar-refractivity contribution < 1.29 is 8.22 Å². The second-order valence-corrected chi connectivity index (χ2v) is 4.44. The Kier molecular flexibility index (Phi) is 0.946. The first-order valence-corrected chi connectivity index (χ1v) is 4.61. The summed E-state index contributed by atoms with van der Waals surface area (Å²) >= 11 is 1.99. The highest BCUT2D eigenvalue weighted by Crippen LogP contribution is 2.37. The van der Waals surface area contributed by atoms with Crippen LogP contribution in [0, 0.1) is 0 Å². The Balaban J connectivity index is 3.07. The molecular weight excluding hydrogens is 148 g/mol. The van der Waals surface area contributed by atoms with Crippen molar-refractivity contribution >= 4 is 23.5 Å². The Morgan fingerprint density at radius 2 is 1.89 bits per heavy atom. The number of rotatable bonds is 0. The van der Waals surface area contributed by atoms with Crippen molar-refractivity contribution in [2.75, 3.05) is 11.5 Å². The van der Waals surface area contributed by atoms with Gasteiger partial charge in [-0.05, 0) is 13.7 Å². The maximum Gasteiger partial charge on any atom is 0.0561 e. The summed E-state index contributed by atoms with van der Waals surface area (Å²) in [5.41, 5.74) is 0. The highest BCUT2D eigenvalue weighted by atomic mass is 32.2. The van der Waals surface area contributed by atoms with E-state index in [1.54, 1.807) is 0 Å². The molecule has 0 atom stereocenters. The molecule has 0 aromatic heterocycles. The lowest BCUT2D eigenvalue weighted by Crippen LogP contribution is -2.07. The molecule has 1 heterocycles. The Morgan fingerprint density at radius 1 is 1.33 bits per heavy atom. The highest BCUT2D eigenvalue weighted by molar-refractivity contribution is 8.18. The van der Waals surface area contributed by atoms with Crippen molar-refractivity contribution in [2.45, 2.75) is 17.8 Å². The fourth-order valence-corrected chi connectivity index (χ4v) is 2.18. The van der Waals surface area contributed by atoms with Crippen LogP contribution >= 0.6 is 23.5 Å². The maximum absolute atomic E-state index is 7.43. The minimum absolute atomic E-state index is 0.434. The van der Waals surface area contributed by atoms with E-state index in [4.69, 9.17) is 8.22 Å². The first-order chi connectivity index (χ1) is 6.71. The van der Waals surface area contributed by atoms with Gasteiger partial charge in [0.15, 0.2) is 0 Å². The van der Waals surface area contributed by atoms with E-state index in [9.17, 15) is 0 Å². The van der Waals surface area contributed by atoms with Gasteiger partial charge in [-0.1, -0.05) is 12.2 Å². The van der Waals surface area contributed by atoms with Gasteiger partial charge in [0.05, 0.1) is 4.08 Å². The molecule has 0 unspecified atom stereocenters. The zero-order valence-corrected chi connectivity index (χ0v) is 6.52. The van der Waals surface area contributed by atoms with E-state index in [-0.39, 0.29) is 0 Å². The maximum atomic E-state index is 7.43. The lowest BCUT2D eigenvalue weighted by molar-refractivity contribution is 1.03. The third-order valence-electron chi connectivity index (χ3n) is 0.932. The van der Waals surface area contributed by atoms with Crippen molar-refractivity contribution in [1.29, 1.82) is 0 Å². The minimum Gasteiger partial charge on any atom is -0.141 e. The first kappa shape index (κ1) is 2.82. The van der Waals surface area contributed by atoms with Crippen LogP contribution in [-0.2, 0) is 0 Å². The molecule has 0 fully saturated rings. The fourth-order valence-electron chi connectivity index (χ4n) is 0.509. The van der Waals surface area contributed by atoms with Crippen molar-refractivity contribution in [3.8, 4) is 0 Å². The van der Waals surface area contributed by atoms with E-state index < -0.39 is 17.8 Å². The minimum atomic E-state index is -2.49. The van der Waals surface area contributed by atoms with Gasteiger partial charge < -0.3 is 0 Å². The molecule has 0 bridgehead atoms. The summed E-state index contributed by atoms with van der Waals surface area (Å²) in [7, 11) is 0. The molecule has 0 N–H and O–H groups in total. The molecule has 0 nitrogen and oxygen atoms in total. The van der Waals surface area contributed by atoms with Gasteiger partial charge in [0.1, 0.15) is 0 Å². The van der Waals surface area contributed by atoms with Crippen LogP contribution in [0.5, 0.6) is 0 Å². The summed E-state index contributed by atoms with van der Waals surface area (Å²) in [6.45, 7) is -4.97. The number of hydrogen-bond donors (Lipinski definition) is 0. The van der Waals surface area contributed by atoms with Crippen molar-refractivity contribution in [1.82, 2.24) is 0 Å². The van der Waals surface area contributed by atoms with Crippen LogP contribution in [0.4, 0.5) is 0 Å². The molecule has 1 rings (SSSR count). The van der Waals surface area contributed by atoms with E-state index >= 15 is 0 Å². The van der Waals surface area contributed by atoms with Gasteiger partial charge in [-0.2, -0.15) is 0 Å². The van der Waals surface area contributed by atoms with Crippen LogP contribution in [0.3, 0.4) is 0 Å². The van der Waals surface area contributed by atoms with Crippen LogP contribution in [0.15, 0.2) is 12.2 Å². The molecule has 0 saturated heterocycles. The third-order valence-corrected chi connectivity index (χ3v) is 3.17. The van der Waals surface area contributed by atoms with Gasteiger partial charge >= 0.3 is 0 Å². The van der Waals surface area contributed by atoms with Gasteiger partial charge in [-0.25, -0.2) is 0 Å². The molecule has 0 aromatic carbocycles. The summed E-state index contributed by atoms with van der Waals surface area (Å²) in [6, 6.07) is 0. The second kappa shape index (κ2) is 3.02. The van der Waals surface area contributed by atoms with E-state index in [1.165, 1.54) is 0 Å². The zero-order valence-electron chi connectivity index (χ0n) is 10.9. The topological polar surface area (TPSA) is 0 Å². The Labute approximate surface area is 73.9 Å². The summed E-state index contributed by atoms with van der Waals surface area (Å²) in [5.74, 6) is 0.869. The summed E-state index contributed by atoms with van der Waals surface area (Å²) in [5, 5.41) is 0. The van der Waals surface area contributed by atoms with Crippen LogP contribution < -0.4 is 0 Å². The molecule has 0 amide bonds.